The molecule has 0 spiro atoms. The van der Waals surface area contributed by atoms with Crippen molar-refractivity contribution in [2.75, 3.05) is 19.7 Å². The van der Waals surface area contributed by atoms with Crippen molar-refractivity contribution in [2.24, 2.45) is 45.7 Å². The summed E-state index contributed by atoms with van der Waals surface area (Å²) in [4.78, 5) is 94.4. The van der Waals surface area contributed by atoms with Crippen molar-refractivity contribution < 1.29 is 43.8 Å². The van der Waals surface area contributed by atoms with Crippen LogP contribution in [0.15, 0.2) is 4.99 Å². The second-order valence-corrected chi connectivity index (χ2v) is 14.4. The fourth-order valence-electron chi connectivity index (χ4n) is 5.08. The Labute approximate surface area is 317 Å². The van der Waals surface area contributed by atoms with Crippen LogP contribution in [0.4, 0.5) is 0 Å². The summed E-state index contributed by atoms with van der Waals surface area (Å²) in [6.07, 6.45) is 2.03. The molecule has 20 heteroatoms. The molecule has 0 bridgehead atoms. The van der Waals surface area contributed by atoms with Crippen LogP contribution in [-0.2, 0) is 33.6 Å². The van der Waals surface area contributed by atoms with E-state index < -0.39 is 102 Å². The molecule has 0 saturated carbocycles. The summed E-state index contributed by atoms with van der Waals surface area (Å²) in [5, 5.41) is 34.5. The number of amides is 6. The number of carbonyl (C=O) groups excluding carboxylic acids is 6. The molecule has 16 N–H and O–H groups in total. The van der Waals surface area contributed by atoms with Crippen molar-refractivity contribution in [3.8, 4) is 0 Å². The van der Waals surface area contributed by atoms with Crippen LogP contribution in [0, 0.1) is 17.8 Å². The Balaban J connectivity index is 5.72. The molecule has 0 fully saturated rings. The molecule has 310 valence electrons. The van der Waals surface area contributed by atoms with E-state index in [1.807, 2.05) is 13.8 Å². The van der Waals surface area contributed by atoms with E-state index in [0.717, 1.165) is 0 Å². The van der Waals surface area contributed by atoms with Gasteiger partial charge in [-0.25, -0.2) is 4.79 Å². The summed E-state index contributed by atoms with van der Waals surface area (Å²) in [6.45, 7) is 11.5. The molecule has 0 aliphatic rings. The van der Waals surface area contributed by atoms with Gasteiger partial charge in [-0.15, -0.1) is 0 Å². The average molecular weight is 772 g/mol. The largest absolute Gasteiger partial charge is 0.480 e. The van der Waals surface area contributed by atoms with E-state index in [1.165, 1.54) is 6.92 Å². The molecule has 0 aliphatic carbocycles. The number of aliphatic hydroxyl groups is 1. The van der Waals surface area contributed by atoms with Crippen molar-refractivity contribution in [1.29, 1.82) is 0 Å². The summed E-state index contributed by atoms with van der Waals surface area (Å²) >= 11 is 0. The summed E-state index contributed by atoms with van der Waals surface area (Å²) in [5.74, 6) is -6.91. The van der Waals surface area contributed by atoms with Gasteiger partial charge in [0.05, 0.1) is 12.6 Å². The number of carboxylic acids is 1. The molecule has 6 amide bonds. The number of aliphatic hydroxyl groups excluding tert-OH is 1. The zero-order valence-electron chi connectivity index (χ0n) is 32.6. The van der Waals surface area contributed by atoms with Crippen LogP contribution in [-0.4, -0.2) is 120 Å². The van der Waals surface area contributed by atoms with Gasteiger partial charge < -0.3 is 65.0 Å². The first-order chi connectivity index (χ1) is 25.2. The number of nitrogens with one attached hydrogen (secondary N) is 6. The first kappa shape index (κ1) is 49.4. The SMILES string of the molecule is CC(C)C[C@H](NC(=O)[C@@H](NC(=O)[C@H](C)NC(=O)[C@H](CO)NC(=O)[C@@H](N)CCCCN)C(C)C)C(=O)N[C@H](C(=O)N[C@@H](CCCN=C(N)N)C(=O)O)C(C)C. The molecular weight excluding hydrogens is 706 g/mol. The third kappa shape index (κ3) is 19.0. The lowest BCUT2D eigenvalue weighted by Gasteiger charge is -2.29. The number of carboxylic acid groups (broad SMARTS) is 1. The van der Waals surface area contributed by atoms with Crippen molar-refractivity contribution >= 4 is 47.4 Å². The molecule has 20 nitrogen and oxygen atoms in total. The quantitative estimate of drug-likeness (QED) is 0.0235. The Bertz CT molecular complexity index is 1280. The number of guanidine groups is 1. The Morgan fingerprint density at radius 2 is 1.11 bits per heavy atom. The Kier molecular flexibility index (Phi) is 23.3. The summed E-state index contributed by atoms with van der Waals surface area (Å²) in [5.41, 5.74) is 21.9. The van der Waals surface area contributed by atoms with Gasteiger partial charge in [0.25, 0.3) is 0 Å². The minimum absolute atomic E-state index is 0.0243. The first-order valence-corrected chi connectivity index (χ1v) is 18.3. The summed E-state index contributed by atoms with van der Waals surface area (Å²) in [6, 6.07) is -8.28. The van der Waals surface area contributed by atoms with Gasteiger partial charge in [0.15, 0.2) is 5.96 Å². The first-order valence-electron chi connectivity index (χ1n) is 18.3. The lowest BCUT2D eigenvalue weighted by Crippen LogP contribution is -2.61. The van der Waals surface area contributed by atoms with E-state index in [1.54, 1.807) is 27.7 Å². The molecule has 0 unspecified atom stereocenters. The molecule has 7 atom stereocenters. The van der Waals surface area contributed by atoms with Crippen molar-refractivity contribution in [1.82, 2.24) is 31.9 Å². The second kappa shape index (κ2) is 25.5. The highest BCUT2D eigenvalue weighted by Crippen LogP contribution is 2.11. The molecule has 0 saturated heterocycles. The number of aliphatic carboxylic acids is 1. The normalized spacial score (nSPS) is 15.1. The van der Waals surface area contributed by atoms with Gasteiger partial charge in [0.2, 0.25) is 35.4 Å². The van der Waals surface area contributed by atoms with Crippen LogP contribution >= 0.6 is 0 Å². The van der Waals surface area contributed by atoms with Crippen molar-refractivity contribution in [3.63, 3.8) is 0 Å². The van der Waals surface area contributed by atoms with E-state index in [4.69, 9.17) is 22.9 Å². The number of hydrogen-bond donors (Lipinski definition) is 12. The number of unbranched alkanes of at least 4 members (excludes halogenated alkanes) is 1. The fraction of sp³-hybridized carbons (Fsp3) is 0.765. The van der Waals surface area contributed by atoms with Crippen LogP contribution in [0.25, 0.3) is 0 Å². The maximum atomic E-state index is 13.6. The van der Waals surface area contributed by atoms with Crippen molar-refractivity contribution in [3.05, 3.63) is 0 Å². The van der Waals surface area contributed by atoms with Gasteiger partial charge >= 0.3 is 5.97 Å². The lowest BCUT2D eigenvalue weighted by atomic mass is 9.98. The third-order valence-electron chi connectivity index (χ3n) is 8.27. The zero-order valence-corrected chi connectivity index (χ0v) is 32.6. The Hall–Kier alpha value is -4.56. The number of nitrogens with zero attached hydrogens (tertiary/aromatic N) is 1. The molecule has 54 heavy (non-hydrogen) atoms. The highest BCUT2D eigenvalue weighted by Gasteiger charge is 2.34. The molecule has 0 aromatic rings. The number of hydrogen-bond acceptors (Lipinski definition) is 11. The fourth-order valence-corrected chi connectivity index (χ4v) is 5.08. The maximum Gasteiger partial charge on any atom is 0.326 e. The molecule has 0 aromatic heterocycles. The number of carbonyl (C=O) groups is 7. The molecule has 0 rings (SSSR count). The van der Waals surface area contributed by atoms with Gasteiger partial charge in [-0.05, 0) is 63.3 Å². The van der Waals surface area contributed by atoms with E-state index in [0.29, 0.717) is 25.8 Å². The smallest absolute Gasteiger partial charge is 0.326 e. The van der Waals surface area contributed by atoms with E-state index >= 15 is 0 Å². The lowest BCUT2D eigenvalue weighted by molar-refractivity contribution is -0.143. The summed E-state index contributed by atoms with van der Waals surface area (Å²) < 4.78 is 0. The van der Waals surface area contributed by atoms with Gasteiger partial charge in [-0.1, -0.05) is 48.0 Å². The highest BCUT2D eigenvalue weighted by atomic mass is 16.4. The maximum absolute atomic E-state index is 13.6. The third-order valence-corrected chi connectivity index (χ3v) is 8.27. The second-order valence-electron chi connectivity index (χ2n) is 14.4. The zero-order chi connectivity index (χ0) is 41.7. The number of rotatable bonds is 26. The molecular formula is C34H65N11O9. The minimum atomic E-state index is -1.39. The van der Waals surface area contributed by atoms with Gasteiger partial charge in [0.1, 0.15) is 36.3 Å². The van der Waals surface area contributed by atoms with Gasteiger partial charge in [0, 0.05) is 6.54 Å². The van der Waals surface area contributed by atoms with Gasteiger partial charge in [-0.3, -0.25) is 33.8 Å². The van der Waals surface area contributed by atoms with Gasteiger partial charge in [-0.2, -0.15) is 0 Å². The molecule has 0 heterocycles. The van der Waals surface area contributed by atoms with Crippen LogP contribution < -0.4 is 54.8 Å². The molecule has 0 aliphatic heterocycles. The van der Waals surface area contributed by atoms with Crippen LogP contribution in [0.5, 0.6) is 0 Å². The molecule has 0 aromatic carbocycles. The Morgan fingerprint density at radius 3 is 1.57 bits per heavy atom. The standard InChI is InChI=1S/C34H65N11O9/c1-17(2)15-23(29(49)45-26(19(5)6)31(51)41-22(33(53)54)12-10-14-39-34(37)38)42-32(52)25(18(3)4)44-27(47)20(7)40-30(50)24(16-46)43-28(48)21(36)11-8-9-13-35/h17-26,46H,8-16,35-36H2,1-7H3,(H,40,50)(H,41,51)(H,42,52)(H,43,48)(H,44,47)(H,45,49)(H,53,54)(H4,37,38,39)/t20-,21-,22-,23-,24-,25-,26-/m0/s1. The van der Waals surface area contributed by atoms with E-state index in [2.05, 4.69) is 36.9 Å². The predicted octanol–water partition coefficient (Wildman–Crippen LogP) is -3.14. The van der Waals surface area contributed by atoms with E-state index in [9.17, 15) is 43.8 Å². The monoisotopic (exact) mass is 771 g/mol. The molecule has 0 radical (unpaired) electrons. The van der Waals surface area contributed by atoms with Crippen LogP contribution in [0.3, 0.4) is 0 Å². The summed E-state index contributed by atoms with van der Waals surface area (Å²) in [7, 11) is 0. The predicted molar refractivity (Wildman–Crippen MR) is 202 cm³/mol. The topological polar surface area (TPSA) is 349 Å². The van der Waals surface area contributed by atoms with Crippen molar-refractivity contribution in [2.45, 2.75) is 129 Å². The average Bonchev–Trinajstić information content (AvgIpc) is 3.07. The highest BCUT2D eigenvalue weighted by molar-refractivity contribution is 5.97. The van der Waals surface area contributed by atoms with E-state index in [-0.39, 0.29) is 37.7 Å². The Morgan fingerprint density at radius 1 is 0.611 bits per heavy atom. The van der Waals surface area contributed by atoms with Crippen LogP contribution in [0.1, 0.15) is 87.0 Å². The minimum Gasteiger partial charge on any atom is -0.480 e. The van der Waals surface area contributed by atoms with Crippen LogP contribution in [0.2, 0.25) is 0 Å². The number of aliphatic imine (C=N–C) groups is 1. The number of nitrogens with two attached hydrogens (primary N) is 4.